The lowest BCUT2D eigenvalue weighted by Gasteiger charge is -2.07. The van der Waals surface area contributed by atoms with Gasteiger partial charge in [0, 0.05) is 24.8 Å². The lowest BCUT2D eigenvalue weighted by molar-refractivity contribution is 0.0963. The van der Waals surface area contributed by atoms with Crippen LogP contribution in [0.4, 0.5) is 11.5 Å². The number of hydrogen-bond donors (Lipinski definition) is 2. The largest absolute Gasteiger partial charge is 0.355 e. The minimum absolute atomic E-state index is 0.217. The van der Waals surface area contributed by atoms with Crippen molar-refractivity contribution in [2.24, 2.45) is 0 Å². The van der Waals surface area contributed by atoms with Crippen LogP contribution in [0.1, 0.15) is 15.9 Å². The van der Waals surface area contributed by atoms with Crippen molar-refractivity contribution < 1.29 is 4.79 Å². The van der Waals surface area contributed by atoms with E-state index < -0.39 is 0 Å². The molecule has 10 heteroatoms. The molecule has 0 aliphatic carbocycles. The van der Waals surface area contributed by atoms with Gasteiger partial charge in [0.05, 0.1) is 35.7 Å². The molecule has 0 unspecified atom stereocenters. The van der Waals surface area contributed by atoms with Crippen LogP contribution in [0.5, 0.6) is 0 Å². The molecule has 0 saturated heterocycles. The molecule has 1 aromatic carbocycles. The van der Waals surface area contributed by atoms with Gasteiger partial charge in [-0.3, -0.25) is 14.8 Å². The number of fused-ring (bicyclic) bond motifs is 2. The van der Waals surface area contributed by atoms with E-state index in [0.717, 1.165) is 16.5 Å². The van der Waals surface area contributed by atoms with E-state index >= 15 is 0 Å². The molecule has 152 valence electrons. The van der Waals surface area contributed by atoms with E-state index in [1.54, 1.807) is 36.4 Å². The Kier molecular flexibility index (Phi) is 4.64. The Bertz CT molecular complexity index is 1410. The number of amides is 1. The molecule has 31 heavy (non-hydrogen) atoms. The lowest BCUT2D eigenvalue weighted by atomic mass is 10.1. The summed E-state index contributed by atoms with van der Waals surface area (Å²) in [4.78, 5) is 29.2. The number of pyridine rings is 2. The molecule has 0 aliphatic rings. The Balaban J connectivity index is 1.43. The number of nitrogens with zero attached hydrogens (tertiary/aromatic N) is 7. The monoisotopic (exact) mass is 411 g/mol. The van der Waals surface area contributed by atoms with Gasteiger partial charge in [0.15, 0.2) is 11.5 Å². The van der Waals surface area contributed by atoms with E-state index in [4.69, 9.17) is 0 Å². The molecule has 2 N–H and O–H groups in total. The van der Waals surface area contributed by atoms with Crippen LogP contribution in [0.3, 0.4) is 0 Å². The highest BCUT2D eigenvalue weighted by atomic mass is 16.1. The number of anilines is 2. The molecule has 0 saturated carbocycles. The van der Waals surface area contributed by atoms with Gasteiger partial charge < -0.3 is 10.6 Å². The number of rotatable bonds is 5. The Hall–Kier alpha value is -4.47. The van der Waals surface area contributed by atoms with Crippen molar-refractivity contribution in [1.82, 2.24) is 40.2 Å². The molecule has 1 amide bonds. The van der Waals surface area contributed by atoms with E-state index in [-0.39, 0.29) is 5.91 Å². The first-order chi connectivity index (χ1) is 15.2. The fourth-order valence-corrected chi connectivity index (χ4v) is 3.24. The fourth-order valence-electron chi connectivity index (χ4n) is 3.24. The first kappa shape index (κ1) is 18.6. The number of benzene rings is 1. The smallest absolute Gasteiger partial charge is 0.252 e. The summed E-state index contributed by atoms with van der Waals surface area (Å²) in [5, 5.41) is 15.1. The van der Waals surface area contributed by atoms with Gasteiger partial charge in [0.25, 0.3) is 5.91 Å². The fraction of sp³-hybridized carbons (Fsp3) is 0.0952. The van der Waals surface area contributed by atoms with E-state index in [0.29, 0.717) is 34.9 Å². The highest BCUT2D eigenvalue weighted by Gasteiger charge is 2.11. The lowest BCUT2D eigenvalue weighted by Crippen LogP contribution is -2.18. The Morgan fingerprint density at radius 2 is 2.03 bits per heavy atom. The van der Waals surface area contributed by atoms with E-state index in [9.17, 15) is 4.79 Å². The second-order valence-corrected chi connectivity index (χ2v) is 6.85. The molecular weight excluding hydrogens is 394 g/mol. The van der Waals surface area contributed by atoms with Crippen molar-refractivity contribution in [3.05, 3.63) is 72.3 Å². The first-order valence-electron chi connectivity index (χ1n) is 9.54. The molecule has 0 spiro atoms. The van der Waals surface area contributed by atoms with Crippen molar-refractivity contribution in [2.75, 3.05) is 12.4 Å². The predicted octanol–water partition coefficient (Wildman–Crippen LogP) is 2.32. The van der Waals surface area contributed by atoms with Crippen LogP contribution < -0.4 is 10.6 Å². The summed E-state index contributed by atoms with van der Waals surface area (Å²) >= 11 is 0. The van der Waals surface area contributed by atoms with Gasteiger partial charge in [-0.1, -0.05) is 17.3 Å². The maximum absolute atomic E-state index is 11.8. The predicted molar refractivity (Wildman–Crippen MR) is 115 cm³/mol. The summed E-state index contributed by atoms with van der Waals surface area (Å²) in [6.45, 7) is 0.493. The standard InChI is InChI=1S/C21H17N9O/c1-22-21(31)15-8-16(10-23-9-15)26-18-11-25-19-20(27-18)30(29-28-19)12-13-4-5-17-14(7-13)3-2-6-24-17/h2-11H,12H2,1H3,(H,22,31)(H,26,27). The van der Waals surface area contributed by atoms with Crippen molar-refractivity contribution in [3.63, 3.8) is 0 Å². The highest BCUT2D eigenvalue weighted by molar-refractivity contribution is 5.94. The first-order valence-corrected chi connectivity index (χ1v) is 9.54. The number of carbonyl (C=O) groups is 1. The molecule has 4 aromatic heterocycles. The third kappa shape index (κ3) is 3.73. The van der Waals surface area contributed by atoms with Crippen LogP contribution in [0.15, 0.2) is 61.2 Å². The Labute approximate surface area is 176 Å². The van der Waals surface area contributed by atoms with Gasteiger partial charge in [0.2, 0.25) is 5.65 Å². The van der Waals surface area contributed by atoms with Crippen LogP contribution >= 0.6 is 0 Å². The zero-order chi connectivity index (χ0) is 21.2. The van der Waals surface area contributed by atoms with Gasteiger partial charge in [-0.25, -0.2) is 14.6 Å². The summed E-state index contributed by atoms with van der Waals surface area (Å²) in [7, 11) is 1.57. The van der Waals surface area contributed by atoms with Crippen molar-refractivity contribution in [1.29, 1.82) is 0 Å². The third-order valence-corrected chi connectivity index (χ3v) is 4.73. The molecular formula is C21H17N9O. The molecule has 0 radical (unpaired) electrons. The molecule has 4 heterocycles. The molecule has 10 nitrogen and oxygen atoms in total. The minimum Gasteiger partial charge on any atom is -0.355 e. The molecule has 5 aromatic rings. The molecule has 0 aliphatic heterocycles. The molecule has 0 bridgehead atoms. The second kappa shape index (κ2) is 7.75. The summed E-state index contributed by atoms with van der Waals surface area (Å²) in [6.07, 6.45) is 6.44. The molecule has 0 atom stereocenters. The summed E-state index contributed by atoms with van der Waals surface area (Å²) < 4.78 is 1.70. The van der Waals surface area contributed by atoms with Crippen LogP contribution in [0.25, 0.3) is 22.2 Å². The summed E-state index contributed by atoms with van der Waals surface area (Å²) in [5.74, 6) is 0.278. The normalized spacial score (nSPS) is 11.0. The Morgan fingerprint density at radius 3 is 2.94 bits per heavy atom. The van der Waals surface area contributed by atoms with Gasteiger partial charge >= 0.3 is 0 Å². The van der Waals surface area contributed by atoms with E-state index in [2.05, 4.69) is 46.9 Å². The Morgan fingerprint density at radius 1 is 1.10 bits per heavy atom. The summed E-state index contributed by atoms with van der Waals surface area (Å²) in [5.41, 5.74) is 4.05. The summed E-state index contributed by atoms with van der Waals surface area (Å²) in [6, 6.07) is 11.7. The van der Waals surface area contributed by atoms with Gasteiger partial charge in [-0.05, 0) is 29.8 Å². The van der Waals surface area contributed by atoms with Gasteiger partial charge in [-0.2, -0.15) is 0 Å². The van der Waals surface area contributed by atoms with Crippen molar-refractivity contribution in [3.8, 4) is 0 Å². The zero-order valence-electron chi connectivity index (χ0n) is 16.5. The third-order valence-electron chi connectivity index (χ3n) is 4.73. The number of nitrogens with one attached hydrogen (secondary N) is 2. The number of hydrogen-bond acceptors (Lipinski definition) is 8. The second-order valence-electron chi connectivity index (χ2n) is 6.85. The van der Waals surface area contributed by atoms with Crippen molar-refractivity contribution >= 4 is 39.6 Å². The van der Waals surface area contributed by atoms with Crippen molar-refractivity contribution in [2.45, 2.75) is 6.54 Å². The molecule has 0 fully saturated rings. The SMILES string of the molecule is CNC(=O)c1cncc(Nc2cnc3nnn(Cc4ccc5ncccc5c4)c3n2)c1. The van der Waals surface area contributed by atoms with Gasteiger partial charge in [-0.15, -0.1) is 5.10 Å². The zero-order valence-corrected chi connectivity index (χ0v) is 16.5. The van der Waals surface area contributed by atoms with E-state index in [1.807, 2.05) is 24.3 Å². The topological polar surface area (TPSA) is 123 Å². The quantitative estimate of drug-likeness (QED) is 0.452. The maximum Gasteiger partial charge on any atom is 0.252 e. The van der Waals surface area contributed by atoms with E-state index in [1.165, 1.54) is 6.20 Å². The average molecular weight is 411 g/mol. The van der Waals surface area contributed by atoms with Crippen LogP contribution in [0.2, 0.25) is 0 Å². The van der Waals surface area contributed by atoms with Crippen LogP contribution in [-0.2, 0) is 6.54 Å². The molecule has 5 rings (SSSR count). The maximum atomic E-state index is 11.8. The highest BCUT2D eigenvalue weighted by Crippen LogP contribution is 2.18. The van der Waals surface area contributed by atoms with Gasteiger partial charge in [0.1, 0.15) is 0 Å². The van der Waals surface area contributed by atoms with Crippen LogP contribution in [-0.4, -0.2) is 47.9 Å². The average Bonchev–Trinajstić information content (AvgIpc) is 3.20. The van der Waals surface area contributed by atoms with Crippen LogP contribution in [0, 0.1) is 0 Å². The number of carbonyl (C=O) groups excluding carboxylic acids is 1. The number of aromatic nitrogens is 7. The minimum atomic E-state index is -0.217.